The van der Waals surface area contributed by atoms with Crippen LogP contribution in [0.15, 0.2) is 48.5 Å². The summed E-state index contributed by atoms with van der Waals surface area (Å²) in [5.41, 5.74) is 6.17. The second kappa shape index (κ2) is 5.06. The number of nitrogens with one attached hydrogen (secondary N) is 1. The van der Waals surface area contributed by atoms with Crippen LogP contribution in [0.25, 0.3) is 0 Å². The van der Waals surface area contributed by atoms with E-state index >= 15 is 0 Å². The molecule has 0 amide bonds. The summed E-state index contributed by atoms with van der Waals surface area (Å²) >= 11 is 0. The van der Waals surface area contributed by atoms with Crippen molar-refractivity contribution >= 4 is 0 Å². The predicted molar refractivity (Wildman–Crippen MR) is 83.0 cm³/mol. The molecule has 1 saturated carbocycles. The summed E-state index contributed by atoms with van der Waals surface area (Å²) in [5.74, 6) is 1.57. The molecule has 2 aliphatic carbocycles. The minimum atomic E-state index is 0.722. The number of hydrogen-bond acceptors (Lipinski definition) is 1. The van der Waals surface area contributed by atoms with Gasteiger partial charge < -0.3 is 5.32 Å². The fourth-order valence-corrected chi connectivity index (χ4v) is 3.41. The molecule has 0 heterocycles. The molecular formula is C19H21N. The van der Waals surface area contributed by atoms with Crippen molar-refractivity contribution in [2.75, 3.05) is 6.54 Å². The van der Waals surface area contributed by atoms with Crippen molar-refractivity contribution in [3.8, 4) is 0 Å². The first kappa shape index (κ1) is 12.2. The molecule has 1 atom stereocenters. The third kappa shape index (κ3) is 2.27. The van der Waals surface area contributed by atoms with E-state index in [1.807, 2.05) is 0 Å². The molecule has 0 radical (unpaired) electrons. The number of benzene rings is 2. The number of hydrogen-bond donors (Lipinski definition) is 1. The van der Waals surface area contributed by atoms with Gasteiger partial charge in [-0.25, -0.2) is 0 Å². The predicted octanol–water partition coefficient (Wildman–Crippen LogP) is 3.99. The first-order valence-electron chi connectivity index (χ1n) is 7.78. The van der Waals surface area contributed by atoms with Gasteiger partial charge in [0.15, 0.2) is 0 Å². The van der Waals surface area contributed by atoms with Gasteiger partial charge in [0, 0.05) is 19.0 Å². The third-order valence-electron chi connectivity index (χ3n) is 4.74. The average Bonchev–Trinajstić information content (AvgIpc) is 3.29. The van der Waals surface area contributed by atoms with Crippen LogP contribution in [0.2, 0.25) is 0 Å². The van der Waals surface area contributed by atoms with Crippen LogP contribution in [0.1, 0.15) is 46.9 Å². The van der Waals surface area contributed by atoms with Crippen LogP contribution in [-0.4, -0.2) is 6.54 Å². The highest BCUT2D eigenvalue weighted by Crippen LogP contribution is 2.41. The molecule has 1 unspecified atom stereocenters. The fourth-order valence-electron chi connectivity index (χ4n) is 3.41. The van der Waals surface area contributed by atoms with E-state index < -0.39 is 0 Å². The van der Waals surface area contributed by atoms with Crippen molar-refractivity contribution in [3.05, 3.63) is 70.8 Å². The quantitative estimate of drug-likeness (QED) is 0.860. The van der Waals surface area contributed by atoms with Crippen LogP contribution in [-0.2, 0) is 13.0 Å². The standard InChI is InChI=1S/C19H21N/c1-3-8-19-15(5-1)11-17(19)13-20-12-16-6-2-4-7-18(16)14-9-10-14/h1-8,14,17,20H,9-13H2. The van der Waals surface area contributed by atoms with Crippen molar-refractivity contribution in [2.45, 2.75) is 37.6 Å². The fraction of sp³-hybridized carbons (Fsp3) is 0.368. The monoisotopic (exact) mass is 263 g/mol. The average molecular weight is 263 g/mol. The van der Waals surface area contributed by atoms with E-state index in [-0.39, 0.29) is 0 Å². The van der Waals surface area contributed by atoms with Crippen molar-refractivity contribution in [1.82, 2.24) is 5.32 Å². The molecule has 0 aliphatic heterocycles. The maximum atomic E-state index is 3.67. The van der Waals surface area contributed by atoms with Gasteiger partial charge in [0.05, 0.1) is 0 Å². The Labute approximate surface area is 121 Å². The van der Waals surface area contributed by atoms with Gasteiger partial charge in [-0.05, 0) is 47.4 Å². The molecule has 0 aromatic heterocycles. The van der Waals surface area contributed by atoms with Gasteiger partial charge in [-0.1, -0.05) is 48.5 Å². The first-order chi connectivity index (χ1) is 9.92. The molecule has 0 bridgehead atoms. The zero-order valence-electron chi connectivity index (χ0n) is 11.8. The van der Waals surface area contributed by atoms with Gasteiger partial charge in [-0.3, -0.25) is 0 Å². The lowest BCUT2D eigenvalue weighted by molar-refractivity contribution is 0.534. The molecular weight excluding hydrogens is 242 g/mol. The number of rotatable bonds is 5. The zero-order chi connectivity index (χ0) is 13.4. The second-order valence-electron chi connectivity index (χ2n) is 6.20. The van der Waals surface area contributed by atoms with Crippen LogP contribution >= 0.6 is 0 Å². The largest absolute Gasteiger partial charge is 0.312 e. The SMILES string of the molecule is c1ccc(C2CC2)c(CNCC2Cc3ccccc32)c1. The van der Waals surface area contributed by atoms with E-state index in [2.05, 4.69) is 53.8 Å². The van der Waals surface area contributed by atoms with Crippen LogP contribution in [0.5, 0.6) is 0 Å². The Bertz CT molecular complexity index is 613. The van der Waals surface area contributed by atoms with E-state index in [0.717, 1.165) is 24.9 Å². The van der Waals surface area contributed by atoms with Crippen molar-refractivity contribution < 1.29 is 0 Å². The third-order valence-corrected chi connectivity index (χ3v) is 4.74. The molecule has 1 N–H and O–H groups in total. The molecule has 2 aliphatic rings. The molecule has 2 aromatic carbocycles. The van der Waals surface area contributed by atoms with Crippen LogP contribution < -0.4 is 5.32 Å². The van der Waals surface area contributed by atoms with E-state index in [1.54, 1.807) is 11.1 Å². The Hall–Kier alpha value is -1.60. The molecule has 0 saturated heterocycles. The molecule has 2 aromatic rings. The Balaban J connectivity index is 1.36. The lowest BCUT2D eigenvalue weighted by atomic mass is 9.77. The van der Waals surface area contributed by atoms with Gasteiger partial charge in [0.25, 0.3) is 0 Å². The summed E-state index contributed by atoms with van der Waals surface area (Å²) in [7, 11) is 0. The highest BCUT2D eigenvalue weighted by molar-refractivity contribution is 5.40. The molecule has 1 nitrogen and oxygen atoms in total. The molecule has 20 heavy (non-hydrogen) atoms. The van der Waals surface area contributed by atoms with E-state index in [4.69, 9.17) is 0 Å². The van der Waals surface area contributed by atoms with Crippen molar-refractivity contribution in [1.29, 1.82) is 0 Å². The lowest BCUT2D eigenvalue weighted by Gasteiger charge is -2.30. The minimum absolute atomic E-state index is 0.722. The molecule has 0 spiro atoms. The number of fused-ring (bicyclic) bond motifs is 1. The Morgan fingerprint density at radius 3 is 2.45 bits per heavy atom. The highest BCUT2D eigenvalue weighted by atomic mass is 14.9. The summed E-state index contributed by atoms with van der Waals surface area (Å²) in [4.78, 5) is 0. The Morgan fingerprint density at radius 1 is 0.900 bits per heavy atom. The highest BCUT2D eigenvalue weighted by Gasteiger charge is 2.26. The summed E-state index contributed by atoms with van der Waals surface area (Å²) < 4.78 is 0. The maximum Gasteiger partial charge on any atom is 0.0208 e. The summed E-state index contributed by atoms with van der Waals surface area (Å²) in [5, 5.41) is 3.67. The van der Waals surface area contributed by atoms with E-state index in [0.29, 0.717) is 0 Å². The molecule has 4 rings (SSSR count). The molecule has 102 valence electrons. The van der Waals surface area contributed by atoms with Crippen LogP contribution in [0, 0.1) is 0 Å². The second-order valence-corrected chi connectivity index (χ2v) is 6.20. The van der Waals surface area contributed by atoms with Gasteiger partial charge in [-0.2, -0.15) is 0 Å². The summed E-state index contributed by atoms with van der Waals surface area (Å²) in [6.45, 7) is 2.13. The normalized spacial score (nSPS) is 20.3. The van der Waals surface area contributed by atoms with Crippen molar-refractivity contribution in [3.63, 3.8) is 0 Å². The Morgan fingerprint density at radius 2 is 1.65 bits per heavy atom. The molecule has 1 fully saturated rings. The lowest BCUT2D eigenvalue weighted by Crippen LogP contribution is -2.29. The van der Waals surface area contributed by atoms with E-state index in [1.165, 1.54) is 30.4 Å². The van der Waals surface area contributed by atoms with Gasteiger partial charge >= 0.3 is 0 Å². The molecule has 1 heteroatoms. The van der Waals surface area contributed by atoms with Gasteiger partial charge in [-0.15, -0.1) is 0 Å². The first-order valence-corrected chi connectivity index (χ1v) is 7.78. The maximum absolute atomic E-state index is 3.67. The van der Waals surface area contributed by atoms with Gasteiger partial charge in [0.1, 0.15) is 0 Å². The minimum Gasteiger partial charge on any atom is -0.312 e. The van der Waals surface area contributed by atoms with Crippen LogP contribution in [0.3, 0.4) is 0 Å². The van der Waals surface area contributed by atoms with Crippen molar-refractivity contribution in [2.24, 2.45) is 0 Å². The Kier molecular flexibility index (Phi) is 3.08. The zero-order valence-corrected chi connectivity index (χ0v) is 11.8. The topological polar surface area (TPSA) is 12.0 Å². The summed E-state index contributed by atoms with van der Waals surface area (Å²) in [6.07, 6.45) is 4.01. The summed E-state index contributed by atoms with van der Waals surface area (Å²) in [6, 6.07) is 17.8. The van der Waals surface area contributed by atoms with E-state index in [9.17, 15) is 0 Å². The van der Waals surface area contributed by atoms with Gasteiger partial charge in [0.2, 0.25) is 0 Å². The van der Waals surface area contributed by atoms with Crippen LogP contribution in [0.4, 0.5) is 0 Å². The smallest absolute Gasteiger partial charge is 0.0208 e.